The third-order valence-electron chi connectivity index (χ3n) is 0.709. The molecule has 0 saturated carbocycles. The van der Waals surface area contributed by atoms with E-state index in [4.69, 9.17) is 5.11 Å². The molecule has 0 fully saturated rings. The fraction of sp³-hybridized carbons (Fsp3) is 0.250. The van der Waals surface area contributed by atoms with Crippen LogP contribution in [0.5, 0.6) is 0 Å². The van der Waals surface area contributed by atoms with Crippen molar-refractivity contribution in [3.05, 3.63) is 10.0 Å². The number of carbonyl (C=O) groups is 1. The van der Waals surface area contributed by atoms with Gasteiger partial charge in [-0.05, 0) is 6.92 Å². The average molecular weight is 151 g/mol. The van der Waals surface area contributed by atoms with E-state index in [1.54, 1.807) is 6.92 Å². The summed E-state index contributed by atoms with van der Waals surface area (Å²) in [7, 11) is 0. The number of aromatic carboxylic acids is 1. The second kappa shape index (κ2) is 3.71. The quantitative estimate of drug-likeness (QED) is 0.581. The first kappa shape index (κ1) is 9.63. The fourth-order valence-corrected chi connectivity index (χ4v) is 0.913. The van der Waals surface area contributed by atoms with E-state index in [9.17, 15) is 4.79 Å². The van der Waals surface area contributed by atoms with Crippen LogP contribution in [0.4, 0.5) is 0 Å². The standard InChI is InChI=1S/C4H4N2O2S.Li/c1-2-5-6-3(9-2)4(7)8;/h1H3,(H,7,8);. The summed E-state index contributed by atoms with van der Waals surface area (Å²) in [6.45, 7) is 1.71. The number of carboxylic acids is 1. The van der Waals surface area contributed by atoms with E-state index >= 15 is 0 Å². The normalized spacial score (nSPS) is 8.50. The van der Waals surface area contributed by atoms with Crippen molar-refractivity contribution in [2.75, 3.05) is 0 Å². The van der Waals surface area contributed by atoms with Crippen molar-refractivity contribution in [1.82, 2.24) is 10.2 Å². The molecule has 6 heteroatoms. The van der Waals surface area contributed by atoms with Crippen LogP contribution >= 0.6 is 11.3 Å². The molecule has 0 aliphatic heterocycles. The van der Waals surface area contributed by atoms with Gasteiger partial charge in [-0.1, -0.05) is 11.3 Å². The Balaban J connectivity index is 0.000000810. The van der Waals surface area contributed by atoms with Crippen LogP contribution in [-0.2, 0) is 0 Å². The fourth-order valence-electron chi connectivity index (χ4n) is 0.383. The van der Waals surface area contributed by atoms with Crippen molar-refractivity contribution in [3.8, 4) is 0 Å². The molecule has 0 saturated heterocycles. The molecule has 0 atom stereocenters. The minimum absolute atomic E-state index is 0. The van der Waals surface area contributed by atoms with Crippen LogP contribution in [-0.4, -0.2) is 40.1 Å². The summed E-state index contributed by atoms with van der Waals surface area (Å²) < 4.78 is 0. The van der Waals surface area contributed by atoms with Crippen LogP contribution in [0.15, 0.2) is 0 Å². The van der Waals surface area contributed by atoms with Crippen LogP contribution in [0.3, 0.4) is 0 Å². The first-order valence-electron chi connectivity index (χ1n) is 2.23. The zero-order valence-corrected chi connectivity index (χ0v) is 6.47. The van der Waals surface area contributed by atoms with E-state index in [-0.39, 0.29) is 23.9 Å². The van der Waals surface area contributed by atoms with Gasteiger partial charge in [0.1, 0.15) is 5.01 Å². The van der Waals surface area contributed by atoms with E-state index in [1.165, 1.54) is 0 Å². The maximum atomic E-state index is 10.1. The van der Waals surface area contributed by atoms with Gasteiger partial charge in [-0.15, -0.1) is 10.2 Å². The van der Waals surface area contributed by atoms with Gasteiger partial charge in [0.05, 0.1) is 0 Å². The molecule has 4 nitrogen and oxygen atoms in total. The van der Waals surface area contributed by atoms with Gasteiger partial charge in [0.15, 0.2) is 0 Å². The van der Waals surface area contributed by atoms with E-state index < -0.39 is 5.97 Å². The van der Waals surface area contributed by atoms with Gasteiger partial charge >= 0.3 is 5.97 Å². The summed E-state index contributed by atoms with van der Waals surface area (Å²) in [5.41, 5.74) is 0. The van der Waals surface area contributed by atoms with Crippen LogP contribution < -0.4 is 0 Å². The Labute approximate surface area is 73.5 Å². The number of aromatic nitrogens is 2. The third kappa shape index (κ3) is 2.10. The number of aryl methyl sites for hydroxylation is 1. The van der Waals surface area contributed by atoms with Gasteiger partial charge in [0.25, 0.3) is 0 Å². The Morgan fingerprint density at radius 3 is 2.40 bits per heavy atom. The maximum absolute atomic E-state index is 10.1. The summed E-state index contributed by atoms with van der Waals surface area (Å²) in [6, 6.07) is 0. The van der Waals surface area contributed by atoms with Crippen molar-refractivity contribution < 1.29 is 9.90 Å². The number of hydrogen-bond acceptors (Lipinski definition) is 4. The van der Waals surface area contributed by atoms with Crippen molar-refractivity contribution in [2.45, 2.75) is 6.92 Å². The van der Waals surface area contributed by atoms with Crippen LogP contribution in [0.1, 0.15) is 14.8 Å². The molecule has 10 heavy (non-hydrogen) atoms. The van der Waals surface area contributed by atoms with Crippen LogP contribution in [0, 0.1) is 6.92 Å². The van der Waals surface area contributed by atoms with E-state index in [0.717, 1.165) is 11.3 Å². The Kier molecular flexibility index (Phi) is 3.57. The molecular weight excluding hydrogens is 147 g/mol. The second-order valence-corrected chi connectivity index (χ2v) is 2.61. The van der Waals surface area contributed by atoms with Crippen molar-refractivity contribution in [2.24, 2.45) is 0 Å². The molecular formula is C4H4LiN2O2S. The second-order valence-electron chi connectivity index (χ2n) is 1.43. The zero-order chi connectivity index (χ0) is 6.85. The molecule has 0 aromatic carbocycles. The maximum Gasteiger partial charge on any atom is 0.367 e. The Morgan fingerprint density at radius 1 is 1.60 bits per heavy atom. The first-order chi connectivity index (χ1) is 4.20. The van der Waals surface area contributed by atoms with Crippen molar-refractivity contribution in [3.63, 3.8) is 0 Å². The molecule has 0 aliphatic rings. The largest absolute Gasteiger partial charge is 0.476 e. The molecule has 0 spiro atoms. The van der Waals surface area contributed by atoms with Gasteiger partial charge in [0.2, 0.25) is 5.01 Å². The minimum atomic E-state index is -1.01. The molecule has 1 heterocycles. The van der Waals surface area contributed by atoms with Gasteiger partial charge < -0.3 is 5.11 Å². The van der Waals surface area contributed by atoms with Gasteiger partial charge in [-0.3, -0.25) is 0 Å². The zero-order valence-electron chi connectivity index (χ0n) is 5.66. The topological polar surface area (TPSA) is 63.1 Å². The number of carboxylic acid groups (broad SMARTS) is 1. The SMILES string of the molecule is Cc1nnc(C(=O)O)s1.[Li]. The van der Waals surface area contributed by atoms with Crippen molar-refractivity contribution >= 4 is 36.2 Å². The predicted octanol–water partition coefficient (Wildman–Crippen LogP) is 0.164. The predicted molar refractivity (Wildman–Crippen MR) is 37.4 cm³/mol. The Hall–Kier alpha value is -0.373. The summed E-state index contributed by atoms with van der Waals surface area (Å²) in [5.74, 6) is -1.01. The molecule has 0 amide bonds. The number of rotatable bonds is 1. The smallest absolute Gasteiger partial charge is 0.367 e. The summed E-state index contributed by atoms with van der Waals surface area (Å²) in [5, 5.41) is 15.9. The van der Waals surface area contributed by atoms with E-state index in [2.05, 4.69) is 10.2 Å². The third-order valence-corrected chi connectivity index (χ3v) is 1.54. The first-order valence-corrected chi connectivity index (χ1v) is 3.05. The molecule has 49 valence electrons. The van der Waals surface area contributed by atoms with E-state index in [0.29, 0.717) is 5.01 Å². The average Bonchev–Trinajstić information content (AvgIpc) is 2.14. The molecule has 0 unspecified atom stereocenters. The monoisotopic (exact) mass is 151 g/mol. The molecule has 1 aromatic rings. The molecule has 1 radical (unpaired) electrons. The summed E-state index contributed by atoms with van der Waals surface area (Å²) in [6.07, 6.45) is 0. The Morgan fingerprint density at radius 2 is 2.20 bits per heavy atom. The molecule has 0 aliphatic carbocycles. The van der Waals surface area contributed by atoms with Gasteiger partial charge in [0, 0.05) is 18.9 Å². The summed E-state index contributed by atoms with van der Waals surface area (Å²) >= 11 is 1.07. The number of nitrogens with zero attached hydrogens (tertiary/aromatic N) is 2. The van der Waals surface area contributed by atoms with E-state index in [1.807, 2.05) is 0 Å². The molecule has 1 N–H and O–H groups in total. The van der Waals surface area contributed by atoms with Gasteiger partial charge in [-0.2, -0.15) is 0 Å². The molecule has 1 aromatic heterocycles. The van der Waals surface area contributed by atoms with Crippen LogP contribution in [0.2, 0.25) is 0 Å². The molecule has 0 bridgehead atoms. The summed E-state index contributed by atoms with van der Waals surface area (Å²) in [4.78, 5) is 10.1. The Bertz CT molecular complexity index is 237. The van der Waals surface area contributed by atoms with Crippen molar-refractivity contribution in [1.29, 1.82) is 0 Å². The molecule has 1 rings (SSSR count). The van der Waals surface area contributed by atoms with Gasteiger partial charge in [-0.25, -0.2) is 4.79 Å². The van der Waals surface area contributed by atoms with Crippen LogP contribution in [0.25, 0.3) is 0 Å². The minimum Gasteiger partial charge on any atom is -0.476 e. The number of hydrogen-bond donors (Lipinski definition) is 1.